The van der Waals surface area contributed by atoms with Gasteiger partial charge in [-0.25, -0.2) is 19.9 Å². The molecule has 0 aliphatic rings. The third kappa shape index (κ3) is 5.86. The second-order valence-electron chi connectivity index (χ2n) is 14.2. The van der Waals surface area contributed by atoms with Crippen LogP contribution in [0.3, 0.4) is 0 Å². The fourth-order valence-electron chi connectivity index (χ4n) is 8.11. The summed E-state index contributed by atoms with van der Waals surface area (Å²) in [5, 5.41) is 5.01. The van der Waals surface area contributed by atoms with Crippen molar-refractivity contribution < 1.29 is 0 Å². The van der Waals surface area contributed by atoms with E-state index in [1.54, 1.807) is 0 Å². The highest BCUT2D eigenvalue weighted by Crippen LogP contribution is 2.43. The van der Waals surface area contributed by atoms with Gasteiger partial charge in [-0.3, -0.25) is 4.57 Å². The second-order valence-corrected chi connectivity index (χ2v) is 15.3. The van der Waals surface area contributed by atoms with Crippen molar-refractivity contribution in [2.24, 2.45) is 0 Å². The minimum Gasteiger partial charge on any atom is -0.294 e. The maximum Gasteiger partial charge on any atom is 0.163 e. The summed E-state index contributed by atoms with van der Waals surface area (Å²) in [6, 6.07) is 63.8. The summed E-state index contributed by atoms with van der Waals surface area (Å²) in [6.07, 6.45) is 2.45. The Morgan fingerprint density at radius 1 is 0.421 bits per heavy atom. The van der Waals surface area contributed by atoms with E-state index in [0.717, 1.165) is 50.2 Å². The fraction of sp³-hybridized carbons (Fsp3) is 0.0196. The topological polar surface area (TPSA) is 56.5 Å². The van der Waals surface area contributed by atoms with Gasteiger partial charge in [-0.05, 0) is 53.1 Å². The number of hydrogen-bond donors (Lipinski definition) is 0. The molecule has 4 aromatic heterocycles. The Labute approximate surface area is 333 Å². The van der Waals surface area contributed by atoms with Crippen molar-refractivity contribution in [3.05, 3.63) is 200 Å². The van der Waals surface area contributed by atoms with Crippen molar-refractivity contribution in [1.29, 1.82) is 0 Å². The number of thiophene rings is 1. The lowest BCUT2D eigenvalue weighted by molar-refractivity contribution is 0.914. The van der Waals surface area contributed by atoms with Crippen LogP contribution in [0.5, 0.6) is 0 Å². The Bertz CT molecular complexity index is 3200. The van der Waals surface area contributed by atoms with Crippen molar-refractivity contribution in [1.82, 2.24) is 24.5 Å². The summed E-state index contributed by atoms with van der Waals surface area (Å²) in [6.45, 7) is 0. The van der Waals surface area contributed by atoms with Crippen molar-refractivity contribution in [2.45, 2.75) is 6.42 Å². The molecule has 4 heterocycles. The zero-order chi connectivity index (χ0) is 37.7. The first kappa shape index (κ1) is 33.1. The van der Waals surface area contributed by atoms with Crippen LogP contribution in [-0.2, 0) is 6.42 Å². The minimum absolute atomic E-state index is 0.439. The maximum atomic E-state index is 5.38. The predicted molar refractivity (Wildman–Crippen MR) is 236 cm³/mol. The number of para-hydroxylation sites is 1. The number of benzene rings is 7. The molecular formula is C51H33N5S. The van der Waals surface area contributed by atoms with Gasteiger partial charge in [0.25, 0.3) is 0 Å². The molecule has 0 spiro atoms. The molecule has 0 aliphatic heterocycles. The van der Waals surface area contributed by atoms with E-state index in [2.05, 4.69) is 126 Å². The maximum absolute atomic E-state index is 5.38. The van der Waals surface area contributed by atoms with Crippen molar-refractivity contribution in [3.8, 4) is 50.8 Å². The standard InChI is InChI=1S/C51H33N5S/c1-4-15-33(16-5-1)36-21-14-22-37(29-36)39-30-38(31-46-53-49(34-17-6-2-7-18-34)55-50(54-46)35-19-8-3-9-20-35)51(52-32-39)56-42-25-12-10-23-40(42)47-43(56)27-28-45-48(47)41-24-11-13-26-44(41)57-45/h1-30,32H,31H2. The van der Waals surface area contributed by atoms with Crippen LogP contribution >= 0.6 is 11.3 Å². The lowest BCUT2D eigenvalue weighted by atomic mass is 9.98. The van der Waals surface area contributed by atoms with Crippen LogP contribution in [0.15, 0.2) is 188 Å². The Morgan fingerprint density at radius 2 is 1.02 bits per heavy atom. The molecule has 0 unspecified atom stereocenters. The SMILES string of the molecule is c1ccc(-c2cccc(-c3cnc(-n4c5ccccc5c5c6c(ccc54)sc4ccccc46)c(Cc4nc(-c5ccccc5)nc(-c5ccccc5)n4)c3)c2)cc1. The third-order valence-electron chi connectivity index (χ3n) is 10.7. The average molecular weight is 748 g/mol. The zero-order valence-electron chi connectivity index (χ0n) is 30.7. The molecule has 0 saturated heterocycles. The molecule has 6 heteroatoms. The second kappa shape index (κ2) is 13.8. The monoisotopic (exact) mass is 747 g/mol. The Kier molecular flexibility index (Phi) is 8.00. The lowest BCUT2D eigenvalue weighted by Gasteiger charge is -2.15. The molecule has 0 aliphatic carbocycles. The highest BCUT2D eigenvalue weighted by molar-refractivity contribution is 7.26. The first-order valence-corrected chi connectivity index (χ1v) is 19.9. The van der Waals surface area contributed by atoms with Crippen LogP contribution in [0.2, 0.25) is 0 Å². The summed E-state index contributed by atoms with van der Waals surface area (Å²) in [4.78, 5) is 20.6. The molecule has 0 amide bonds. The summed E-state index contributed by atoms with van der Waals surface area (Å²) in [5.74, 6) is 2.81. The number of fused-ring (bicyclic) bond motifs is 7. The highest BCUT2D eigenvalue weighted by atomic mass is 32.1. The van der Waals surface area contributed by atoms with Crippen LogP contribution in [0.25, 0.3) is 92.8 Å². The van der Waals surface area contributed by atoms with E-state index in [4.69, 9.17) is 19.9 Å². The van der Waals surface area contributed by atoms with E-state index in [1.807, 2.05) is 78.2 Å². The summed E-state index contributed by atoms with van der Waals surface area (Å²) in [5.41, 5.74) is 9.57. The third-order valence-corrected chi connectivity index (χ3v) is 11.9. The molecule has 0 N–H and O–H groups in total. The molecule has 0 atom stereocenters. The summed E-state index contributed by atoms with van der Waals surface area (Å²) in [7, 11) is 0. The quantitative estimate of drug-likeness (QED) is 0.163. The van der Waals surface area contributed by atoms with Crippen molar-refractivity contribution in [2.75, 3.05) is 0 Å². The molecule has 57 heavy (non-hydrogen) atoms. The number of aromatic nitrogens is 5. The molecule has 11 rings (SSSR count). The van der Waals surface area contributed by atoms with Gasteiger partial charge in [-0.1, -0.05) is 146 Å². The molecule has 0 bridgehead atoms. The smallest absolute Gasteiger partial charge is 0.163 e. The van der Waals surface area contributed by atoms with Crippen LogP contribution in [0.1, 0.15) is 11.4 Å². The van der Waals surface area contributed by atoms with E-state index >= 15 is 0 Å². The van der Waals surface area contributed by atoms with Gasteiger partial charge in [0, 0.05) is 65.8 Å². The molecule has 0 fully saturated rings. The molecule has 11 aromatic rings. The molecular weight excluding hydrogens is 715 g/mol. The Morgan fingerprint density at radius 3 is 1.74 bits per heavy atom. The van der Waals surface area contributed by atoms with Gasteiger partial charge in [0.05, 0.1) is 11.0 Å². The minimum atomic E-state index is 0.439. The highest BCUT2D eigenvalue weighted by Gasteiger charge is 2.22. The molecule has 5 nitrogen and oxygen atoms in total. The van der Waals surface area contributed by atoms with E-state index in [-0.39, 0.29) is 0 Å². The first-order chi connectivity index (χ1) is 28.2. The molecule has 0 radical (unpaired) electrons. The number of nitrogens with zero attached hydrogens (tertiary/aromatic N) is 5. The van der Waals surface area contributed by atoms with Gasteiger partial charge in [-0.2, -0.15) is 0 Å². The largest absolute Gasteiger partial charge is 0.294 e. The average Bonchev–Trinajstić information content (AvgIpc) is 3.83. The molecule has 268 valence electrons. The van der Waals surface area contributed by atoms with Gasteiger partial charge >= 0.3 is 0 Å². The normalized spacial score (nSPS) is 11.6. The van der Waals surface area contributed by atoms with Gasteiger partial charge in [0.15, 0.2) is 11.6 Å². The summed E-state index contributed by atoms with van der Waals surface area (Å²) >= 11 is 1.85. The Balaban J connectivity index is 1.15. The number of hydrogen-bond acceptors (Lipinski definition) is 5. The number of rotatable bonds is 7. The Hall–Kier alpha value is -7.28. The van der Waals surface area contributed by atoms with Crippen LogP contribution in [0, 0.1) is 0 Å². The van der Waals surface area contributed by atoms with E-state index in [9.17, 15) is 0 Å². The van der Waals surface area contributed by atoms with Crippen molar-refractivity contribution >= 4 is 53.3 Å². The van der Waals surface area contributed by atoms with E-state index < -0.39 is 0 Å². The predicted octanol–water partition coefficient (Wildman–Crippen LogP) is 13.0. The summed E-state index contributed by atoms with van der Waals surface area (Å²) < 4.78 is 4.91. The lowest BCUT2D eigenvalue weighted by Crippen LogP contribution is -2.08. The van der Waals surface area contributed by atoms with Gasteiger partial charge < -0.3 is 0 Å². The fourth-order valence-corrected chi connectivity index (χ4v) is 9.22. The molecule has 7 aromatic carbocycles. The van der Waals surface area contributed by atoms with Crippen LogP contribution in [0.4, 0.5) is 0 Å². The van der Waals surface area contributed by atoms with Crippen LogP contribution in [-0.4, -0.2) is 24.5 Å². The first-order valence-electron chi connectivity index (χ1n) is 19.1. The van der Waals surface area contributed by atoms with E-state index in [0.29, 0.717) is 23.9 Å². The number of pyridine rings is 1. The van der Waals surface area contributed by atoms with Gasteiger partial charge in [0.2, 0.25) is 0 Å². The van der Waals surface area contributed by atoms with Crippen LogP contribution < -0.4 is 0 Å². The van der Waals surface area contributed by atoms with Gasteiger partial charge in [-0.15, -0.1) is 11.3 Å². The van der Waals surface area contributed by atoms with Crippen molar-refractivity contribution in [3.63, 3.8) is 0 Å². The molecule has 0 saturated carbocycles. The zero-order valence-corrected chi connectivity index (χ0v) is 31.6. The van der Waals surface area contributed by atoms with E-state index in [1.165, 1.54) is 36.5 Å². The van der Waals surface area contributed by atoms with Gasteiger partial charge in [0.1, 0.15) is 11.6 Å².